The maximum Gasteiger partial charge on any atom is 0.256 e. The smallest absolute Gasteiger partial charge is 0.256 e. The van der Waals surface area contributed by atoms with Crippen molar-refractivity contribution in [3.63, 3.8) is 0 Å². The van der Waals surface area contributed by atoms with Gasteiger partial charge in [-0.3, -0.25) is 9.48 Å². The predicted octanol–water partition coefficient (Wildman–Crippen LogP) is 5.78. The summed E-state index contributed by atoms with van der Waals surface area (Å²) < 4.78 is 4.08. The zero-order chi connectivity index (χ0) is 18.4. The quantitative estimate of drug-likeness (QED) is 0.439. The SMILES string of the molecule is O=C(Nc1ccc2scnc2c1)c1cc(Br)cc2c1cnn2C1CCCC1. The molecule has 2 heterocycles. The molecular weight excluding hydrogens is 424 g/mol. The molecule has 0 spiro atoms. The minimum absolute atomic E-state index is 0.137. The fourth-order valence-corrected chi connectivity index (χ4v) is 4.98. The number of nitrogens with one attached hydrogen (secondary N) is 1. The summed E-state index contributed by atoms with van der Waals surface area (Å²) in [6, 6.07) is 10.1. The third-order valence-corrected chi connectivity index (χ3v) is 6.45. The van der Waals surface area contributed by atoms with Gasteiger partial charge in [0.05, 0.1) is 39.0 Å². The molecule has 0 radical (unpaired) electrons. The van der Waals surface area contributed by atoms with E-state index in [2.05, 4.69) is 42.1 Å². The molecule has 1 N–H and O–H groups in total. The van der Waals surface area contributed by atoms with Gasteiger partial charge in [0.2, 0.25) is 0 Å². The molecule has 5 nitrogen and oxygen atoms in total. The Morgan fingerprint density at radius 3 is 2.93 bits per heavy atom. The summed E-state index contributed by atoms with van der Waals surface area (Å²) in [6.07, 6.45) is 6.61. The van der Waals surface area contributed by atoms with E-state index in [4.69, 9.17) is 0 Å². The van der Waals surface area contributed by atoms with Crippen LogP contribution in [0.5, 0.6) is 0 Å². The van der Waals surface area contributed by atoms with E-state index in [9.17, 15) is 4.79 Å². The Kier molecular flexibility index (Phi) is 4.21. The second-order valence-corrected chi connectivity index (χ2v) is 8.70. The zero-order valence-electron chi connectivity index (χ0n) is 14.5. The summed E-state index contributed by atoms with van der Waals surface area (Å²) in [5.74, 6) is -0.137. The average Bonchev–Trinajstić information content (AvgIpc) is 3.40. The molecule has 1 aliphatic carbocycles. The summed E-state index contributed by atoms with van der Waals surface area (Å²) in [5, 5.41) is 8.50. The van der Waals surface area contributed by atoms with Crippen molar-refractivity contribution in [1.82, 2.24) is 14.8 Å². The van der Waals surface area contributed by atoms with E-state index >= 15 is 0 Å². The standard InChI is InChI=1S/C20H17BrN4OS/c21-12-7-15(16-10-23-25(18(16)8-12)14-3-1-2-4-14)20(26)24-13-5-6-19-17(9-13)22-11-27-19/h5-11,14H,1-4H2,(H,24,26). The topological polar surface area (TPSA) is 59.8 Å². The summed E-state index contributed by atoms with van der Waals surface area (Å²) in [6.45, 7) is 0. The highest BCUT2D eigenvalue weighted by Crippen LogP contribution is 2.34. The number of carbonyl (C=O) groups excluding carboxylic acids is 1. The minimum Gasteiger partial charge on any atom is -0.322 e. The maximum atomic E-state index is 13.0. The van der Waals surface area contributed by atoms with Crippen molar-refractivity contribution in [2.75, 3.05) is 5.32 Å². The van der Waals surface area contributed by atoms with Crippen LogP contribution in [0.25, 0.3) is 21.1 Å². The molecule has 1 aliphatic rings. The van der Waals surface area contributed by atoms with E-state index in [-0.39, 0.29) is 5.91 Å². The molecular formula is C20H17BrN4OS. The normalized spacial score (nSPS) is 15.0. The maximum absolute atomic E-state index is 13.0. The number of nitrogens with zero attached hydrogens (tertiary/aromatic N) is 3. The number of benzene rings is 2. The van der Waals surface area contributed by atoms with Crippen molar-refractivity contribution < 1.29 is 4.79 Å². The van der Waals surface area contributed by atoms with E-state index < -0.39 is 0 Å². The molecule has 0 bridgehead atoms. The van der Waals surface area contributed by atoms with Crippen molar-refractivity contribution in [2.45, 2.75) is 31.7 Å². The van der Waals surface area contributed by atoms with Crippen LogP contribution in [0.15, 0.2) is 46.5 Å². The molecule has 0 atom stereocenters. The molecule has 0 aliphatic heterocycles. The van der Waals surface area contributed by atoms with Crippen LogP contribution >= 0.6 is 27.3 Å². The number of amides is 1. The van der Waals surface area contributed by atoms with E-state index in [1.54, 1.807) is 11.3 Å². The number of halogens is 1. The lowest BCUT2D eigenvalue weighted by molar-refractivity contribution is 0.102. The first-order valence-corrected chi connectivity index (χ1v) is 10.7. The van der Waals surface area contributed by atoms with Gasteiger partial charge in [-0.2, -0.15) is 5.10 Å². The highest BCUT2D eigenvalue weighted by Gasteiger charge is 2.22. The Morgan fingerprint density at radius 1 is 1.22 bits per heavy atom. The highest BCUT2D eigenvalue weighted by molar-refractivity contribution is 9.10. The van der Waals surface area contributed by atoms with Crippen LogP contribution in [0.3, 0.4) is 0 Å². The molecule has 5 rings (SSSR count). The van der Waals surface area contributed by atoms with Gasteiger partial charge < -0.3 is 5.32 Å². The first-order valence-electron chi connectivity index (χ1n) is 9.00. The number of anilines is 1. The Morgan fingerprint density at radius 2 is 2.07 bits per heavy atom. The molecule has 27 heavy (non-hydrogen) atoms. The lowest BCUT2D eigenvalue weighted by atomic mass is 10.1. The van der Waals surface area contributed by atoms with E-state index in [0.717, 1.165) is 44.1 Å². The zero-order valence-corrected chi connectivity index (χ0v) is 16.9. The van der Waals surface area contributed by atoms with E-state index in [1.807, 2.05) is 36.0 Å². The van der Waals surface area contributed by atoms with Crippen LogP contribution in [-0.4, -0.2) is 20.7 Å². The van der Waals surface area contributed by atoms with Crippen molar-refractivity contribution in [1.29, 1.82) is 0 Å². The fraction of sp³-hybridized carbons (Fsp3) is 0.250. The molecule has 7 heteroatoms. The Hall–Kier alpha value is -2.25. The molecule has 2 aromatic heterocycles. The van der Waals surface area contributed by atoms with Gasteiger partial charge in [0.1, 0.15) is 0 Å². The van der Waals surface area contributed by atoms with Gasteiger partial charge in [0.15, 0.2) is 0 Å². The lowest BCUT2D eigenvalue weighted by Crippen LogP contribution is -2.12. The molecule has 2 aromatic carbocycles. The Labute approximate surface area is 168 Å². The molecule has 1 amide bonds. The second kappa shape index (κ2) is 6.73. The number of thiazole rings is 1. The van der Waals surface area contributed by atoms with Crippen LogP contribution in [0, 0.1) is 0 Å². The van der Waals surface area contributed by atoms with Gasteiger partial charge in [-0.1, -0.05) is 28.8 Å². The van der Waals surface area contributed by atoms with Crippen LogP contribution < -0.4 is 5.32 Å². The number of aromatic nitrogens is 3. The molecule has 1 saturated carbocycles. The van der Waals surface area contributed by atoms with Gasteiger partial charge in [-0.15, -0.1) is 11.3 Å². The van der Waals surface area contributed by atoms with Crippen LogP contribution in [0.4, 0.5) is 5.69 Å². The van der Waals surface area contributed by atoms with Crippen molar-refractivity contribution in [3.05, 3.63) is 52.1 Å². The molecule has 0 unspecified atom stereocenters. The van der Waals surface area contributed by atoms with Crippen molar-refractivity contribution in [2.24, 2.45) is 0 Å². The van der Waals surface area contributed by atoms with Crippen LogP contribution in [0.1, 0.15) is 42.1 Å². The third kappa shape index (κ3) is 3.04. The van der Waals surface area contributed by atoms with Gasteiger partial charge in [-0.05, 0) is 43.2 Å². The molecule has 4 aromatic rings. The minimum atomic E-state index is -0.137. The molecule has 136 valence electrons. The summed E-state index contributed by atoms with van der Waals surface area (Å²) in [7, 11) is 0. The summed E-state index contributed by atoms with van der Waals surface area (Å²) in [5.41, 5.74) is 5.09. The number of carbonyl (C=O) groups is 1. The number of hydrogen-bond acceptors (Lipinski definition) is 4. The largest absolute Gasteiger partial charge is 0.322 e. The van der Waals surface area contributed by atoms with E-state index in [1.165, 1.54) is 12.8 Å². The lowest BCUT2D eigenvalue weighted by Gasteiger charge is -2.12. The monoisotopic (exact) mass is 440 g/mol. The van der Waals surface area contributed by atoms with Crippen molar-refractivity contribution in [3.8, 4) is 0 Å². The Bertz CT molecular complexity index is 1160. The van der Waals surface area contributed by atoms with Gasteiger partial charge in [0, 0.05) is 15.5 Å². The van der Waals surface area contributed by atoms with Crippen LogP contribution in [0.2, 0.25) is 0 Å². The average molecular weight is 441 g/mol. The summed E-state index contributed by atoms with van der Waals surface area (Å²) >= 11 is 5.15. The first-order chi connectivity index (χ1) is 13.2. The van der Waals surface area contributed by atoms with Crippen molar-refractivity contribution >= 4 is 60.0 Å². The van der Waals surface area contributed by atoms with Crippen LogP contribution in [-0.2, 0) is 0 Å². The highest BCUT2D eigenvalue weighted by atomic mass is 79.9. The number of rotatable bonds is 3. The first kappa shape index (κ1) is 16.9. The van der Waals surface area contributed by atoms with Gasteiger partial charge in [-0.25, -0.2) is 4.98 Å². The molecule has 0 saturated heterocycles. The fourth-order valence-electron chi connectivity index (χ4n) is 3.87. The van der Waals surface area contributed by atoms with Gasteiger partial charge >= 0.3 is 0 Å². The summed E-state index contributed by atoms with van der Waals surface area (Å²) in [4.78, 5) is 17.3. The number of fused-ring (bicyclic) bond motifs is 2. The third-order valence-electron chi connectivity index (χ3n) is 5.18. The van der Waals surface area contributed by atoms with Gasteiger partial charge in [0.25, 0.3) is 5.91 Å². The second-order valence-electron chi connectivity index (χ2n) is 6.90. The molecule has 1 fully saturated rings. The Balaban J connectivity index is 1.52. The van der Waals surface area contributed by atoms with E-state index in [0.29, 0.717) is 11.6 Å². The predicted molar refractivity (Wildman–Crippen MR) is 113 cm³/mol. The number of hydrogen-bond donors (Lipinski definition) is 1.